The first-order valence-corrected chi connectivity index (χ1v) is 11.2. The number of carbonyl (C=O) groups excluding carboxylic acids is 2. The van der Waals surface area contributed by atoms with Crippen molar-refractivity contribution in [3.05, 3.63) is 64.5 Å². The number of Topliss-reactive ketones (excluding diaryl/α,β-unsaturated/α-hetero) is 1. The number of ketones is 1. The number of aliphatic hydroxyl groups is 1. The molecule has 1 aliphatic rings. The number of likely N-dealkylation sites (tertiary alicyclic amines) is 1. The first kappa shape index (κ1) is 24.5. The first-order chi connectivity index (χ1) is 15.7. The highest BCUT2D eigenvalue weighted by Gasteiger charge is 2.46. The van der Waals surface area contributed by atoms with E-state index >= 15 is 0 Å². The summed E-state index contributed by atoms with van der Waals surface area (Å²) in [5, 5.41) is 11.4. The standard InChI is InChI=1S/C26H33N3O4/c1-16(2)19-15-20(17(3)14-21(19)33-6)24(30)22-23(18-8-10-27-11-9-18)29(26(32)25(22)31)13-7-12-28(4)5/h8-11,14-16,23,30H,7,12-13H2,1-6H3/b24-22+. The molecule has 7 heteroatoms. The Labute approximate surface area is 195 Å². The molecule has 1 atom stereocenters. The van der Waals surface area contributed by atoms with Crippen LogP contribution in [0.2, 0.25) is 0 Å². The van der Waals surface area contributed by atoms with E-state index < -0.39 is 17.7 Å². The summed E-state index contributed by atoms with van der Waals surface area (Å²) >= 11 is 0. The molecule has 1 amide bonds. The molecule has 1 aliphatic heterocycles. The van der Waals surface area contributed by atoms with E-state index in [4.69, 9.17) is 4.74 Å². The number of amides is 1. The van der Waals surface area contributed by atoms with E-state index in [0.717, 1.165) is 29.0 Å². The maximum absolute atomic E-state index is 13.2. The number of hydrogen-bond donors (Lipinski definition) is 1. The Morgan fingerprint density at radius 2 is 1.88 bits per heavy atom. The molecule has 7 nitrogen and oxygen atoms in total. The number of ether oxygens (including phenoxy) is 1. The largest absolute Gasteiger partial charge is 0.507 e. The molecular formula is C26H33N3O4. The molecule has 0 aliphatic carbocycles. The summed E-state index contributed by atoms with van der Waals surface area (Å²) in [7, 11) is 5.54. The Balaban J connectivity index is 2.17. The van der Waals surface area contributed by atoms with Gasteiger partial charge in [0.2, 0.25) is 0 Å². The van der Waals surface area contributed by atoms with Gasteiger partial charge in [0, 0.05) is 24.5 Å². The van der Waals surface area contributed by atoms with Gasteiger partial charge in [-0.15, -0.1) is 0 Å². The monoisotopic (exact) mass is 451 g/mol. The van der Waals surface area contributed by atoms with Crippen molar-refractivity contribution in [2.45, 2.75) is 39.2 Å². The van der Waals surface area contributed by atoms with Gasteiger partial charge in [-0.2, -0.15) is 0 Å². The van der Waals surface area contributed by atoms with E-state index in [9.17, 15) is 14.7 Å². The SMILES string of the molecule is COc1cc(C)c(/C(O)=C2\C(=O)C(=O)N(CCCN(C)C)C2c2ccncc2)cc1C(C)C. The highest BCUT2D eigenvalue weighted by atomic mass is 16.5. The number of pyridine rings is 1. The van der Waals surface area contributed by atoms with Crippen LogP contribution in [-0.4, -0.2) is 65.9 Å². The molecule has 1 saturated heterocycles. The molecule has 0 bridgehead atoms. The highest BCUT2D eigenvalue weighted by Crippen LogP contribution is 2.41. The van der Waals surface area contributed by atoms with E-state index in [1.165, 1.54) is 0 Å². The van der Waals surface area contributed by atoms with Crippen LogP contribution in [0.4, 0.5) is 0 Å². The van der Waals surface area contributed by atoms with Gasteiger partial charge in [0.25, 0.3) is 11.7 Å². The Morgan fingerprint density at radius 3 is 2.45 bits per heavy atom. The first-order valence-electron chi connectivity index (χ1n) is 11.2. The second kappa shape index (κ2) is 10.2. The van der Waals surface area contributed by atoms with Gasteiger partial charge >= 0.3 is 0 Å². The van der Waals surface area contributed by atoms with Crippen molar-refractivity contribution >= 4 is 17.4 Å². The van der Waals surface area contributed by atoms with E-state index in [0.29, 0.717) is 18.5 Å². The number of nitrogens with zero attached hydrogens (tertiary/aromatic N) is 3. The van der Waals surface area contributed by atoms with E-state index in [2.05, 4.69) is 4.98 Å². The number of hydrogen-bond acceptors (Lipinski definition) is 6. The Hall–Kier alpha value is -3.19. The number of rotatable bonds is 8. The molecule has 1 unspecified atom stereocenters. The summed E-state index contributed by atoms with van der Waals surface area (Å²) in [6.07, 6.45) is 3.97. The lowest BCUT2D eigenvalue weighted by Gasteiger charge is -2.26. The van der Waals surface area contributed by atoms with Gasteiger partial charge in [-0.1, -0.05) is 13.8 Å². The van der Waals surface area contributed by atoms with Gasteiger partial charge in [-0.25, -0.2) is 0 Å². The fourth-order valence-corrected chi connectivity index (χ4v) is 4.29. The van der Waals surface area contributed by atoms with Crippen molar-refractivity contribution in [1.29, 1.82) is 0 Å². The summed E-state index contributed by atoms with van der Waals surface area (Å²) in [6.45, 7) is 7.12. The molecule has 2 aromatic rings. The van der Waals surface area contributed by atoms with Gasteiger partial charge in [-0.3, -0.25) is 14.6 Å². The number of carbonyl (C=O) groups is 2. The predicted octanol–water partition coefficient (Wildman–Crippen LogP) is 3.90. The smallest absolute Gasteiger partial charge is 0.295 e. The highest BCUT2D eigenvalue weighted by molar-refractivity contribution is 6.46. The van der Waals surface area contributed by atoms with E-state index in [-0.39, 0.29) is 17.3 Å². The molecule has 3 rings (SSSR count). The van der Waals surface area contributed by atoms with Crippen LogP contribution in [0.3, 0.4) is 0 Å². The summed E-state index contributed by atoms with van der Waals surface area (Å²) in [5.74, 6) is -0.536. The minimum absolute atomic E-state index is 0.110. The van der Waals surface area contributed by atoms with Crippen LogP contribution < -0.4 is 4.74 Å². The molecule has 33 heavy (non-hydrogen) atoms. The van der Waals surface area contributed by atoms with Crippen molar-refractivity contribution in [1.82, 2.24) is 14.8 Å². The molecule has 1 N–H and O–H groups in total. The van der Waals surface area contributed by atoms with Gasteiger partial charge in [-0.05, 0) is 80.9 Å². The van der Waals surface area contributed by atoms with Gasteiger partial charge in [0.1, 0.15) is 11.5 Å². The second-order valence-corrected chi connectivity index (χ2v) is 8.99. The lowest BCUT2D eigenvalue weighted by molar-refractivity contribution is -0.139. The van der Waals surface area contributed by atoms with Crippen LogP contribution in [0, 0.1) is 6.92 Å². The molecule has 1 aromatic heterocycles. The number of benzene rings is 1. The predicted molar refractivity (Wildman–Crippen MR) is 128 cm³/mol. The Bertz CT molecular complexity index is 1060. The summed E-state index contributed by atoms with van der Waals surface area (Å²) in [6, 6.07) is 6.61. The van der Waals surface area contributed by atoms with Crippen LogP contribution in [0.15, 0.2) is 42.2 Å². The molecule has 0 saturated carbocycles. The van der Waals surface area contributed by atoms with Gasteiger partial charge in [0.15, 0.2) is 0 Å². The molecule has 2 heterocycles. The number of aromatic nitrogens is 1. The van der Waals surface area contributed by atoms with Crippen molar-refractivity contribution in [2.75, 3.05) is 34.3 Å². The fourth-order valence-electron chi connectivity index (χ4n) is 4.29. The van der Waals surface area contributed by atoms with Crippen LogP contribution in [0.25, 0.3) is 5.76 Å². The summed E-state index contributed by atoms with van der Waals surface area (Å²) in [5.41, 5.74) is 3.07. The number of methoxy groups -OCH3 is 1. The fraction of sp³-hybridized carbons (Fsp3) is 0.423. The third kappa shape index (κ3) is 4.93. The van der Waals surface area contributed by atoms with Crippen LogP contribution in [0.1, 0.15) is 54.5 Å². The van der Waals surface area contributed by atoms with Crippen LogP contribution in [0.5, 0.6) is 5.75 Å². The lowest BCUT2D eigenvalue weighted by Crippen LogP contribution is -2.32. The zero-order chi connectivity index (χ0) is 24.3. The summed E-state index contributed by atoms with van der Waals surface area (Å²) in [4.78, 5) is 33.9. The Morgan fingerprint density at radius 1 is 1.21 bits per heavy atom. The zero-order valence-electron chi connectivity index (χ0n) is 20.3. The number of aryl methyl sites for hydroxylation is 1. The lowest BCUT2D eigenvalue weighted by atomic mass is 9.91. The topological polar surface area (TPSA) is 83.0 Å². The minimum Gasteiger partial charge on any atom is -0.507 e. The molecule has 1 fully saturated rings. The second-order valence-electron chi connectivity index (χ2n) is 8.99. The number of aliphatic hydroxyl groups excluding tert-OH is 1. The molecule has 0 radical (unpaired) electrons. The third-order valence-corrected chi connectivity index (χ3v) is 6.02. The zero-order valence-corrected chi connectivity index (χ0v) is 20.3. The average Bonchev–Trinajstić information content (AvgIpc) is 3.03. The van der Waals surface area contributed by atoms with Crippen LogP contribution in [-0.2, 0) is 9.59 Å². The van der Waals surface area contributed by atoms with Gasteiger partial charge in [0.05, 0.1) is 18.7 Å². The molecule has 1 aromatic carbocycles. The van der Waals surface area contributed by atoms with Crippen molar-refractivity contribution in [3.8, 4) is 5.75 Å². The van der Waals surface area contributed by atoms with E-state index in [1.807, 2.05) is 51.9 Å². The maximum Gasteiger partial charge on any atom is 0.295 e. The van der Waals surface area contributed by atoms with Crippen LogP contribution >= 0.6 is 0 Å². The normalized spacial score (nSPS) is 17.9. The average molecular weight is 452 g/mol. The van der Waals surface area contributed by atoms with Gasteiger partial charge < -0.3 is 19.6 Å². The third-order valence-electron chi connectivity index (χ3n) is 6.02. The van der Waals surface area contributed by atoms with Crippen molar-refractivity contribution in [3.63, 3.8) is 0 Å². The maximum atomic E-state index is 13.2. The quantitative estimate of drug-likeness (QED) is 0.372. The van der Waals surface area contributed by atoms with Crippen molar-refractivity contribution < 1.29 is 19.4 Å². The van der Waals surface area contributed by atoms with Crippen molar-refractivity contribution in [2.24, 2.45) is 0 Å². The minimum atomic E-state index is -0.667. The molecule has 0 spiro atoms. The molecule has 176 valence electrons. The Kier molecular flexibility index (Phi) is 7.53. The summed E-state index contributed by atoms with van der Waals surface area (Å²) < 4.78 is 5.52. The van der Waals surface area contributed by atoms with E-state index in [1.54, 1.807) is 36.5 Å². The molecular weight excluding hydrogens is 418 g/mol.